The van der Waals surface area contributed by atoms with Crippen LogP contribution in [-0.2, 0) is 0 Å². The molecule has 0 atom stereocenters. The van der Waals surface area contributed by atoms with Crippen molar-refractivity contribution in [3.8, 4) is 11.1 Å². The van der Waals surface area contributed by atoms with E-state index in [-0.39, 0.29) is 0 Å². The fourth-order valence-corrected chi connectivity index (χ4v) is 3.29. The van der Waals surface area contributed by atoms with Crippen LogP contribution in [0.1, 0.15) is 0 Å². The molecular weight excluding hydrogens is 313 g/mol. The fraction of sp³-hybridized carbons (Fsp3) is 0. The molecule has 0 heterocycles. The van der Waals surface area contributed by atoms with Gasteiger partial charge in [-0.3, -0.25) is 0 Å². The monoisotopic (exact) mass is 333 g/mol. The molecule has 0 saturated carbocycles. The average molecular weight is 333 g/mol. The molecule has 4 aromatic carbocycles. The van der Waals surface area contributed by atoms with Gasteiger partial charge in [0, 0.05) is 17.1 Å². The van der Waals surface area contributed by atoms with Crippen LogP contribution in [0.4, 0.5) is 17.1 Å². The maximum absolute atomic E-state index is 2.28. The topological polar surface area (TPSA) is 3.24 Å². The zero-order valence-electron chi connectivity index (χ0n) is 14.8. The van der Waals surface area contributed by atoms with Gasteiger partial charge in [0.05, 0.1) is 0 Å². The van der Waals surface area contributed by atoms with Crippen LogP contribution in [-0.4, -0.2) is 7.85 Å². The third-order valence-electron chi connectivity index (χ3n) is 4.61. The van der Waals surface area contributed by atoms with Gasteiger partial charge in [0.15, 0.2) is 0 Å². The second-order valence-electron chi connectivity index (χ2n) is 6.37. The highest BCUT2D eigenvalue weighted by molar-refractivity contribution is 6.35. The summed E-state index contributed by atoms with van der Waals surface area (Å²) in [6, 6.07) is 38.3. The van der Waals surface area contributed by atoms with E-state index in [9.17, 15) is 0 Å². The van der Waals surface area contributed by atoms with Gasteiger partial charge >= 0.3 is 0 Å². The molecule has 4 aromatic rings. The highest BCUT2D eigenvalue weighted by Crippen LogP contribution is 2.34. The van der Waals surface area contributed by atoms with E-state index in [0.29, 0.717) is 0 Å². The lowest BCUT2D eigenvalue weighted by Gasteiger charge is -2.25. The van der Waals surface area contributed by atoms with Crippen LogP contribution in [0.3, 0.4) is 0 Å². The van der Waals surface area contributed by atoms with Crippen molar-refractivity contribution in [3.05, 3.63) is 109 Å². The first kappa shape index (κ1) is 16.2. The molecule has 1 nitrogen and oxygen atoms in total. The van der Waals surface area contributed by atoms with Crippen LogP contribution in [0.15, 0.2) is 109 Å². The molecule has 26 heavy (non-hydrogen) atoms. The summed E-state index contributed by atoms with van der Waals surface area (Å²) in [4.78, 5) is 2.28. The zero-order chi connectivity index (χ0) is 17.8. The second kappa shape index (κ2) is 7.32. The predicted octanol–water partition coefficient (Wildman–Crippen LogP) is 5.08. The Morgan fingerprint density at radius 1 is 0.462 bits per heavy atom. The number of para-hydroxylation sites is 2. The first-order valence-corrected chi connectivity index (χ1v) is 8.89. The summed E-state index contributed by atoms with van der Waals surface area (Å²) in [6.07, 6.45) is 0. The molecule has 2 heteroatoms. The zero-order valence-corrected chi connectivity index (χ0v) is 14.8. The number of rotatable bonds is 4. The first-order valence-electron chi connectivity index (χ1n) is 8.89. The van der Waals surface area contributed by atoms with Crippen molar-refractivity contribution >= 4 is 30.4 Å². The van der Waals surface area contributed by atoms with Crippen LogP contribution >= 0.6 is 0 Å². The van der Waals surface area contributed by atoms with E-state index in [1.165, 1.54) is 16.6 Å². The van der Waals surface area contributed by atoms with Gasteiger partial charge in [0.2, 0.25) is 0 Å². The summed E-state index contributed by atoms with van der Waals surface area (Å²) < 4.78 is 0. The maximum atomic E-state index is 2.28. The Hall–Kier alpha value is -3.26. The molecule has 4 rings (SSSR count). The quantitative estimate of drug-likeness (QED) is 0.471. The predicted molar refractivity (Wildman–Crippen MR) is 115 cm³/mol. The highest BCUT2D eigenvalue weighted by Gasteiger charge is 2.12. The molecule has 0 aromatic heterocycles. The lowest BCUT2D eigenvalue weighted by Crippen LogP contribution is -2.10. The standard InChI is InChI=1S/C24H20BN/c25-24-14-8-7-13-23(24)19-15-17-22(18-16-19)26(20-9-3-1-4-10-20)21-11-5-2-6-12-21/h1-18H,25H2. The molecular formula is C24H20BN. The Labute approximate surface area is 156 Å². The lowest BCUT2D eigenvalue weighted by molar-refractivity contribution is 1.28. The van der Waals surface area contributed by atoms with Crippen molar-refractivity contribution in [3.63, 3.8) is 0 Å². The Morgan fingerprint density at radius 3 is 1.46 bits per heavy atom. The van der Waals surface area contributed by atoms with Crippen molar-refractivity contribution in [2.45, 2.75) is 0 Å². The normalized spacial score (nSPS) is 10.5. The van der Waals surface area contributed by atoms with Crippen LogP contribution in [0.25, 0.3) is 11.1 Å². The van der Waals surface area contributed by atoms with Gasteiger partial charge in [-0.1, -0.05) is 78.3 Å². The van der Waals surface area contributed by atoms with Crippen molar-refractivity contribution < 1.29 is 0 Å². The summed E-state index contributed by atoms with van der Waals surface area (Å²) in [5.41, 5.74) is 7.28. The number of hydrogen-bond acceptors (Lipinski definition) is 1. The molecule has 0 unspecified atom stereocenters. The molecule has 0 fully saturated rings. The molecule has 0 radical (unpaired) electrons. The molecule has 0 bridgehead atoms. The minimum atomic E-state index is 1.15. The van der Waals surface area contributed by atoms with Gasteiger partial charge in [-0.2, -0.15) is 0 Å². The van der Waals surface area contributed by atoms with Crippen LogP contribution < -0.4 is 10.4 Å². The van der Waals surface area contributed by atoms with Gasteiger partial charge in [-0.25, -0.2) is 0 Å². The highest BCUT2D eigenvalue weighted by atomic mass is 15.1. The Bertz CT molecular complexity index is 940. The summed E-state index contributed by atoms with van der Waals surface area (Å²) in [5, 5.41) is 0. The van der Waals surface area contributed by atoms with Crippen molar-refractivity contribution in [2.24, 2.45) is 0 Å². The van der Waals surface area contributed by atoms with Crippen LogP contribution in [0.2, 0.25) is 0 Å². The largest absolute Gasteiger partial charge is 0.311 e. The molecule has 0 amide bonds. The minimum Gasteiger partial charge on any atom is -0.311 e. The van der Waals surface area contributed by atoms with E-state index in [1.807, 2.05) is 12.1 Å². The van der Waals surface area contributed by atoms with E-state index < -0.39 is 0 Å². The number of anilines is 3. The maximum Gasteiger partial charge on any atom is 0.140 e. The second-order valence-corrected chi connectivity index (χ2v) is 6.37. The summed E-state index contributed by atoms with van der Waals surface area (Å²) in [5.74, 6) is 0. The van der Waals surface area contributed by atoms with E-state index >= 15 is 0 Å². The third-order valence-corrected chi connectivity index (χ3v) is 4.61. The van der Waals surface area contributed by atoms with E-state index in [2.05, 4.69) is 110 Å². The molecule has 0 aliphatic rings. The van der Waals surface area contributed by atoms with Crippen molar-refractivity contribution in [1.29, 1.82) is 0 Å². The number of nitrogens with zero attached hydrogens (tertiary/aromatic N) is 1. The minimum absolute atomic E-state index is 1.15. The third kappa shape index (κ3) is 3.27. The van der Waals surface area contributed by atoms with Crippen LogP contribution in [0, 0.1) is 0 Å². The van der Waals surface area contributed by atoms with E-state index in [4.69, 9.17) is 0 Å². The van der Waals surface area contributed by atoms with Crippen molar-refractivity contribution in [1.82, 2.24) is 0 Å². The first-order chi connectivity index (χ1) is 12.8. The summed E-state index contributed by atoms with van der Waals surface area (Å²) in [7, 11) is 2.16. The van der Waals surface area contributed by atoms with Gasteiger partial charge in [-0.15, -0.1) is 0 Å². The van der Waals surface area contributed by atoms with Crippen molar-refractivity contribution in [2.75, 3.05) is 4.90 Å². The molecule has 0 spiro atoms. The van der Waals surface area contributed by atoms with Gasteiger partial charge in [-0.05, 0) is 47.5 Å². The lowest BCUT2D eigenvalue weighted by atomic mass is 9.87. The Kier molecular flexibility index (Phi) is 4.57. The van der Waals surface area contributed by atoms with Gasteiger partial charge < -0.3 is 4.90 Å². The SMILES string of the molecule is Bc1ccccc1-c1ccc(N(c2ccccc2)c2ccccc2)cc1. The van der Waals surface area contributed by atoms with Crippen LogP contribution in [0.5, 0.6) is 0 Å². The molecule has 0 aliphatic carbocycles. The van der Waals surface area contributed by atoms with E-state index in [0.717, 1.165) is 17.1 Å². The Balaban J connectivity index is 1.76. The number of hydrogen-bond donors (Lipinski definition) is 0. The fourth-order valence-electron chi connectivity index (χ4n) is 3.29. The van der Waals surface area contributed by atoms with Gasteiger partial charge in [0.25, 0.3) is 0 Å². The van der Waals surface area contributed by atoms with Gasteiger partial charge in [0.1, 0.15) is 7.85 Å². The summed E-state index contributed by atoms with van der Waals surface area (Å²) >= 11 is 0. The van der Waals surface area contributed by atoms with E-state index in [1.54, 1.807) is 0 Å². The average Bonchev–Trinajstić information content (AvgIpc) is 2.71. The molecule has 124 valence electrons. The molecule has 0 aliphatic heterocycles. The smallest absolute Gasteiger partial charge is 0.140 e. The Morgan fingerprint density at radius 2 is 0.923 bits per heavy atom. The number of benzene rings is 4. The molecule has 0 saturated heterocycles. The summed E-state index contributed by atoms with van der Waals surface area (Å²) in [6.45, 7) is 0. The molecule has 0 N–H and O–H groups in total.